The predicted octanol–water partition coefficient (Wildman–Crippen LogP) is 1.87. The monoisotopic (exact) mass is 500 g/mol. The molecular weight excluding hydrogens is 480 g/mol. The largest absolute Gasteiger partial charge is 0.508 e. The summed E-state index contributed by atoms with van der Waals surface area (Å²) in [5, 5.41) is 26.4. The molecule has 13 heteroatoms. The summed E-state index contributed by atoms with van der Waals surface area (Å²) in [5.74, 6) is -0.632. The Morgan fingerprint density at radius 1 is 1.15 bits per heavy atom. The number of carbonyl (C=O) groups is 1. The van der Waals surface area contributed by atoms with Crippen molar-refractivity contribution in [3.63, 3.8) is 0 Å². The molecule has 0 saturated heterocycles. The smallest absolute Gasteiger partial charge is 0.268 e. The standard InChI is InChI=1S/C21H20N6O5S2/c28-17-5-3-14(4-6-17)10-18(21(29)25-30)27-13-16(24-26-27)12-23-34(31,32)20-8-7-19(33-20)15-2-1-9-22-11-15/h1-9,11,13,18,23,28,30H,10,12H2,(H,25,29)/t18-/m0/s1. The molecule has 1 atom stereocenters. The number of pyridine rings is 1. The Morgan fingerprint density at radius 3 is 2.65 bits per heavy atom. The van der Waals surface area contributed by atoms with Crippen molar-refractivity contribution < 1.29 is 23.5 Å². The number of rotatable bonds is 9. The number of benzene rings is 1. The van der Waals surface area contributed by atoms with Crippen molar-refractivity contribution >= 4 is 27.3 Å². The number of hydrogen-bond donors (Lipinski definition) is 4. The van der Waals surface area contributed by atoms with Gasteiger partial charge < -0.3 is 5.11 Å². The van der Waals surface area contributed by atoms with Gasteiger partial charge in [-0.15, -0.1) is 16.4 Å². The van der Waals surface area contributed by atoms with Crippen LogP contribution in [-0.4, -0.2) is 44.6 Å². The van der Waals surface area contributed by atoms with Gasteiger partial charge in [0.2, 0.25) is 10.0 Å². The minimum atomic E-state index is -3.80. The number of nitrogens with one attached hydrogen (secondary N) is 2. The van der Waals surface area contributed by atoms with Gasteiger partial charge in [0.1, 0.15) is 16.0 Å². The average Bonchev–Trinajstić information content (AvgIpc) is 3.53. The van der Waals surface area contributed by atoms with E-state index in [-0.39, 0.29) is 28.6 Å². The molecule has 1 amide bonds. The molecule has 0 saturated carbocycles. The van der Waals surface area contributed by atoms with Crippen molar-refractivity contribution in [1.82, 2.24) is 30.2 Å². The van der Waals surface area contributed by atoms with E-state index >= 15 is 0 Å². The summed E-state index contributed by atoms with van der Waals surface area (Å²) in [7, 11) is -3.80. The zero-order chi connectivity index (χ0) is 24.1. The maximum Gasteiger partial charge on any atom is 0.268 e. The van der Waals surface area contributed by atoms with Crippen LogP contribution < -0.4 is 10.2 Å². The summed E-state index contributed by atoms with van der Waals surface area (Å²) in [6, 6.07) is 12.2. The summed E-state index contributed by atoms with van der Waals surface area (Å²) < 4.78 is 29.3. The number of phenols is 1. The normalized spacial score (nSPS) is 12.4. The Kier molecular flexibility index (Phi) is 6.98. The quantitative estimate of drug-likeness (QED) is 0.200. The van der Waals surface area contributed by atoms with Crippen molar-refractivity contribution in [3.8, 4) is 16.2 Å². The highest BCUT2D eigenvalue weighted by Gasteiger charge is 2.23. The Bertz CT molecular complexity index is 1370. The highest BCUT2D eigenvalue weighted by atomic mass is 32.2. The summed E-state index contributed by atoms with van der Waals surface area (Å²) >= 11 is 1.12. The molecule has 34 heavy (non-hydrogen) atoms. The molecule has 11 nitrogen and oxygen atoms in total. The maximum atomic E-state index is 12.7. The molecule has 0 aliphatic rings. The van der Waals surface area contributed by atoms with Gasteiger partial charge in [-0.1, -0.05) is 23.4 Å². The van der Waals surface area contributed by atoms with Crippen molar-refractivity contribution in [2.75, 3.05) is 0 Å². The van der Waals surface area contributed by atoms with Gasteiger partial charge in [-0.05, 0) is 35.9 Å². The number of hydrogen-bond acceptors (Lipinski definition) is 9. The first-order chi connectivity index (χ1) is 16.4. The number of amides is 1. The molecule has 0 radical (unpaired) electrons. The van der Waals surface area contributed by atoms with Crippen LogP contribution in [0.1, 0.15) is 17.3 Å². The number of thiophene rings is 1. The number of hydroxylamine groups is 1. The first-order valence-electron chi connectivity index (χ1n) is 9.98. The van der Waals surface area contributed by atoms with Gasteiger partial charge in [-0.3, -0.25) is 15.0 Å². The van der Waals surface area contributed by atoms with Crippen molar-refractivity contribution in [2.24, 2.45) is 0 Å². The fourth-order valence-corrected chi connectivity index (χ4v) is 5.49. The van der Waals surface area contributed by atoms with Crippen LogP contribution >= 0.6 is 11.3 Å². The van der Waals surface area contributed by atoms with Gasteiger partial charge in [-0.2, -0.15) is 0 Å². The van der Waals surface area contributed by atoms with E-state index in [0.29, 0.717) is 5.56 Å². The first kappa shape index (κ1) is 23.5. The fraction of sp³-hybridized carbons (Fsp3) is 0.143. The van der Waals surface area contributed by atoms with Crippen LogP contribution in [0.2, 0.25) is 0 Å². The highest BCUT2D eigenvalue weighted by molar-refractivity contribution is 7.91. The van der Waals surface area contributed by atoms with Crippen LogP contribution in [0.3, 0.4) is 0 Å². The van der Waals surface area contributed by atoms with Gasteiger partial charge in [-0.25, -0.2) is 23.3 Å². The molecule has 0 bridgehead atoms. The fourth-order valence-electron chi connectivity index (χ4n) is 3.15. The van der Waals surface area contributed by atoms with Gasteiger partial charge in [0, 0.05) is 29.3 Å². The van der Waals surface area contributed by atoms with Crippen LogP contribution in [0.4, 0.5) is 0 Å². The molecule has 0 spiro atoms. The SMILES string of the molecule is O=C(NO)[C@H](Cc1ccc(O)cc1)n1cc(CNS(=O)(=O)c2ccc(-c3cccnc3)s2)nn1. The average molecular weight is 501 g/mol. The zero-order valence-corrected chi connectivity index (χ0v) is 19.2. The molecule has 0 fully saturated rings. The molecule has 3 heterocycles. The van der Waals surface area contributed by atoms with Crippen molar-refractivity contribution in [1.29, 1.82) is 0 Å². The lowest BCUT2D eigenvalue weighted by Crippen LogP contribution is -2.32. The minimum Gasteiger partial charge on any atom is -0.508 e. The Balaban J connectivity index is 1.45. The lowest BCUT2D eigenvalue weighted by Gasteiger charge is -2.14. The molecule has 1 aromatic carbocycles. The molecule has 176 valence electrons. The second-order valence-electron chi connectivity index (χ2n) is 7.24. The summed E-state index contributed by atoms with van der Waals surface area (Å²) in [4.78, 5) is 17.0. The Hall–Kier alpha value is -3.65. The lowest BCUT2D eigenvalue weighted by molar-refractivity contribution is -0.133. The number of phenolic OH excluding ortho intramolecular Hbond substituents is 1. The number of carbonyl (C=O) groups excluding carboxylic acids is 1. The predicted molar refractivity (Wildman–Crippen MR) is 122 cm³/mol. The molecule has 4 N–H and O–H groups in total. The van der Waals surface area contributed by atoms with Gasteiger partial charge in [0.05, 0.1) is 18.4 Å². The van der Waals surface area contributed by atoms with E-state index in [1.807, 2.05) is 6.07 Å². The van der Waals surface area contributed by atoms with E-state index in [0.717, 1.165) is 21.8 Å². The minimum absolute atomic E-state index is 0.0838. The second-order valence-corrected chi connectivity index (χ2v) is 10.3. The molecule has 3 aromatic heterocycles. The number of aromatic hydroxyl groups is 1. The van der Waals surface area contributed by atoms with E-state index in [4.69, 9.17) is 5.21 Å². The summed E-state index contributed by atoms with van der Waals surface area (Å²) in [6.45, 7) is -0.144. The van der Waals surface area contributed by atoms with E-state index < -0.39 is 22.0 Å². The van der Waals surface area contributed by atoms with E-state index in [1.165, 1.54) is 29.1 Å². The molecular formula is C21H20N6O5S2. The first-order valence-corrected chi connectivity index (χ1v) is 12.3. The van der Waals surface area contributed by atoms with E-state index in [1.54, 1.807) is 42.1 Å². The Morgan fingerprint density at radius 2 is 1.94 bits per heavy atom. The lowest BCUT2D eigenvalue weighted by atomic mass is 10.1. The molecule has 0 aliphatic carbocycles. The number of nitrogens with zero attached hydrogens (tertiary/aromatic N) is 4. The Labute approximate surface area is 198 Å². The van der Waals surface area contributed by atoms with Crippen LogP contribution in [0, 0.1) is 0 Å². The van der Waals surface area contributed by atoms with Crippen LogP contribution in [0.25, 0.3) is 10.4 Å². The third-order valence-electron chi connectivity index (χ3n) is 4.89. The van der Waals surface area contributed by atoms with E-state index in [9.17, 15) is 18.3 Å². The zero-order valence-electron chi connectivity index (χ0n) is 17.6. The molecule has 4 rings (SSSR count). The van der Waals surface area contributed by atoms with Gasteiger partial charge >= 0.3 is 0 Å². The van der Waals surface area contributed by atoms with Crippen LogP contribution in [-0.2, 0) is 27.8 Å². The van der Waals surface area contributed by atoms with E-state index in [2.05, 4.69) is 20.0 Å². The highest BCUT2D eigenvalue weighted by Crippen LogP contribution is 2.30. The topological polar surface area (TPSA) is 159 Å². The van der Waals surface area contributed by atoms with Crippen molar-refractivity contribution in [2.45, 2.75) is 23.2 Å². The van der Waals surface area contributed by atoms with Crippen LogP contribution in [0.5, 0.6) is 5.75 Å². The van der Waals surface area contributed by atoms with Gasteiger partial charge in [0.15, 0.2) is 0 Å². The summed E-state index contributed by atoms with van der Waals surface area (Å²) in [5.41, 5.74) is 3.43. The molecule has 4 aromatic rings. The third kappa shape index (κ3) is 5.46. The van der Waals surface area contributed by atoms with Gasteiger partial charge in [0.25, 0.3) is 5.91 Å². The summed E-state index contributed by atoms with van der Waals surface area (Å²) in [6.07, 6.45) is 4.89. The van der Waals surface area contributed by atoms with Crippen molar-refractivity contribution in [3.05, 3.63) is 78.4 Å². The number of aromatic nitrogens is 4. The van der Waals surface area contributed by atoms with Crippen LogP contribution in [0.15, 0.2) is 71.3 Å². The third-order valence-corrected chi connectivity index (χ3v) is 7.92. The maximum absolute atomic E-state index is 12.7. The molecule has 0 unspecified atom stereocenters. The second kappa shape index (κ2) is 10.1. The molecule has 0 aliphatic heterocycles. The number of sulfonamides is 1.